The number of nitrogens with zero attached hydrogens (tertiary/aromatic N) is 2. The van der Waals surface area contributed by atoms with Crippen molar-refractivity contribution in [1.82, 2.24) is 10.2 Å². The summed E-state index contributed by atoms with van der Waals surface area (Å²) in [6, 6.07) is 6.05. The first-order valence-electron chi connectivity index (χ1n) is 6.31. The van der Waals surface area contributed by atoms with Gasteiger partial charge < -0.3 is 4.42 Å². The molecular weight excluding hydrogens is 242 g/mol. The van der Waals surface area contributed by atoms with Crippen molar-refractivity contribution in [2.75, 3.05) is 5.32 Å². The van der Waals surface area contributed by atoms with Gasteiger partial charge in [-0.25, -0.2) is 0 Å². The molecule has 1 aromatic heterocycles. The van der Waals surface area contributed by atoms with Crippen molar-refractivity contribution in [3.63, 3.8) is 0 Å². The van der Waals surface area contributed by atoms with Gasteiger partial charge in [-0.1, -0.05) is 30.6 Å². The number of hydrogen-bond donors (Lipinski definition) is 1. The van der Waals surface area contributed by atoms with Crippen LogP contribution in [-0.4, -0.2) is 16.1 Å². The number of nitrogens with one attached hydrogen (secondary N) is 1. The molecule has 0 aliphatic carbocycles. The maximum Gasteiger partial charge on any atom is 0.322 e. The van der Waals surface area contributed by atoms with E-state index >= 15 is 0 Å². The molecule has 0 aliphatic heterocycles. The first-order valence-corrected chi connectivity index (χ1v) is 6.31. The van der Waals surface area contributed by atoms with Gasteiger partial charge in [-0.05, 0) is 30.5 Å². The summed E-state index contributed by atoms with van der Waals surface area (Å²) in [5.41, 5.74) is 2.72. The summed E-state index contributed by atoms with van der Waals surface area (Å²) in [5.74, 6) is 0.200. The summed E-state index contributed by atoms with van der Waals surface area (Å²) in [6.07, 6.45) is 2.01. The van der Waals surface area contributed by atoms with E-state index in [-0.39, 0.29) is 11.9 Å². The maximum absolute atomic E-state index is 12.2. The van der Waals surface area contributed by atoms with Crippen LogP contribution in [0.1, 0.15) is 40.7 Å². The quantitative estimate of drug-likeness (QED) is 0.916. The van der Waals surface area contributed by atoms with Crippen LogP contribution in [0.25, 0.3) is 0 Å². The standard InChI is InChI=1S/C14H17N3O2/c1-4-5-11-7-6-9(2)12(8-11)13(18)15-14-17-16-10(3)19-14/h6-8H,4-5H2,1-3H3,(H,15,17,18). The molecule has 0 atom stereocenters. The van der Waals surface area contributed by atoms with Crippen LogP contribution < -0.4 is 5.32 Å². The van der Waals surface area contributed by atoms with Crippen molar-refractivity contribution >= 4 is 11.9 Å². The minimum absolute atomic E-state index is 0.128. The second kappa shape index (κ2) is 5.65. The smallest absolute Gasteiger partial charge is 0.322 e. The van der Waals surface area contributed by atoms with E-state index in [1.807, 2.05) is 25.1 Å². The number of benzene rings is 1. The fourth-order valence-electron chi connectivity index (χ4n) is 1.87. The van der Waals surface area contributed by atoms with Crippen LogP contribution >= 0.6 is 0 Å². The Morgan fingerprint density at radius 2 is 2.11 bits per heavy atom. The van der Waals surface area contributed by atoms with E-state index < -0.39 is 0 Å². The Hall–Kier alpha value is -2.17. The summed E-state index contributed by atoms with van der Waals surface area (Å²) in [7, 11) is 0. The highest BCUT2D eigenvalue weighted by Gasteiger charge is 2.13. The highest BCUT2D eigenvalue weighted by molar-refractivity contribution is 6.04. The fourth-order valence-corrected chi connectivity index (χ4v) is 1.87. The van der Waals surface area contributed by atoms with Gasteiger partial charge in [0.05, 0.1) is 0 Å². The van der Waals surface area contributed by atoms with E-state index in [9.17, 15) is 4.79 Å². The molecule has 1 amide bonds. The van der Waals surface area contributed by atoms with Gasteiger partial charge in [-0.2, -0.15) is 0 Å². The topological polar surface area (TPSA) is 68.0 Å². The van der Waals surface area contributed by atoms with E-state index in [2.05, 4.69) is 22.4 Å². The summed E-state index contributed by atoms with van der Waals surface area (Å²) >= 11 is 0. The largest absolute Gasteiger partial charge is 0.408 e. The molecule has 1 heterocycles. The maximum atomic E-state index is 12.2. The van der Waals surface area contributed by atoms with Crippen LogP contribution in [0.4, 0.5) is 6.01 Å². The van der Waals surface area contributed by atoms with Gasteiger partial charge >= 0.3 is 6.01 Å². The van der Waals surface area contributed by atoms with Crippen molar-refractivity contribution in [3.8, 4) is 0 Å². The van der Waals surface area contributed by atoms with Gasteiger partial charge in [0.2, 0.25) is 5.89 Å². The van der Waals surface area contributed by atoms with Crippen LogP contribution in [0.5, 0.6) is 0 Å². The Kier molecular flexibility index (Phi) is 3.94. The molecule has 0 unspecified atom stereocenters. The van der Waals surface area contributed by atoms with Gasteiger partial charge in [0.25, 0.3) is 5.91 Å². The number of amides is 1. The number of aromatic nitrogens is 2. The fraction of sp³-hybridized carbons (Fsp3) is 0.357. The van der Waals surface area contributed by atoms with E-state index in [1.54, 1.807) is 6.92 Å². The minimum Gasteiger partial charge on any atom is -0.408 e. The summed E-state index contributed by atoms with van der Waals surface area (Å²) in [5, 5.41) is 10.0. The molecule has 5 nitrogen and oxygen atoms in total. The molecule has 0 saturated carbocycles. The number of rotatable bonds is 4. The van der Waals surface area contributed by atoms with Gasteiger partial charge in [0, 0.05) is 12.5 Å². The highest BCUT2D eigenvalue weighted by atomic mass is 16.4. The van der Waals surface area contributed by atoms with Gasteiger partial charge in [-0.15, -0.1) is 5.10 Å². The average Bonchev–Trinajstić information content (AvgIpc) is 2.77. The second-order valence-corrected chi connectivity index (χ2v) is 4.48. The first-order chi connectivity index (χ1) is 9.10. The van der Waals surface area contributed by atoms with Crippen molar-refractivity contribution in [1.29, 1.82) is 0 Å². The molecule has 0 spiro atoms. The molecular formula is C14H17N3O2. The van der Waals surface area contributed by atoms with Crippen molar-refractivity contribution in [3.05, 3.63) is 40.8 Å². The lowest BCUT2D eigenvalue weighted by Gasteiger charge is -2.07. The van der Waals surface area contributed by atoms with Crippen LogP contribution in [0.3, 0.4) is 0 Å². The summed E-state index contributed by atoms with van der Waals surface area (Å²) < 4.78 is 5.14. The molecule has 100 valence electrons. The van der Waals surface area contributed by atoms with Crippen LogP contribution in [0.15, 0.2) is 22.6 Å². The third kappa shape index (κ3) is 3.19. The predicted octanol–water partition coefficient (Wildman–Crippen LogP) is 2.89. The molecule has 1 aromatic carbocycles. The van der Waals surface area contributed by atoms with E-state index in [4.69, 9.17) is 4.42 Å². The Bertz CT molecular complexity index is 590. The van der Waals surface area contributed by atoms with E-state index in [0.717, 1.165) is 24.0 Å². The van der Waals surface area contributed by atoms with Gasteiger partial charge in [-0.3, -0.25) is 10.1 Å². The van der Waals surface area contributed by atoms with Crippen LogP contribution in [-0.2, 0) is 6.42 Å². The monoisotopic (exact) mass is 259 g/mol. The molecule has 1 N–H and O–H groups in total. The number of carbonyl (C=O) groups excluding carboxylic acids is 1. The highest BCUT2D eigenvalue weighted by Crippen LogP contribution is 2.15. The molecule has 0 aliphatic rings. The van der Waals surface area contributed by atoms with Crippen molar-refractivity contribution < 1.29 is 9.21 Å². The van der Waals surface area contributed by atoms with Gasteiger partial charge in [0.15, 0.2) is 0 Å². The zero-order valence-corrected chi connectivity index (χ0v) is 11.4. The molecule has 0 bridgehead atoms. The molecule has 2 aromatic rings. The normalized spacial score (nSPS) is 10.5. The number of aryl methyl sites for hydroxylation is 3. The lowest BCUT2D eigenvalue weighted by atomic mass is 10.0. The number of carbonyl (C=O) groups is 1. The molecule has 0 fully saturated rings. The van der Waals surface area contributed by atoms with Gasteiger partial charge in [0.1, 0.15) is 0 Å². The Balaban J connectivity index is 2.20. The Morgan fingerprint density at radius 1 is 1.32 bits per heavy atom. The average molecular weight is 259 g/mol. The zero-order valence-electron chi connectivity index (χ0n) is 11.4. The number of hydrogen-bond acceptors (Lipinski definition) is 4. The van der Waals surface area contributed by atoms with Crippen molar-refractivity contribution in [2.45, 2.75) is 33.6 Å². The molecule has 2 rings (SSSR count). The van der Waals surface area contributed by atoms with E-state index in [0.29, 0.717) is 11.5 Å². The third-order valence-electron chi connectivity index (χ3n) is 2.83. The molecule has 19 heavy (non-hydrogen) atoms. The lowest BCUT2D eigenvalue weighted by Crippen LogP contribution is -2.14. The third-order valence-corrected chi connectivity index (χ3v) is 2.83. The second-order valence-electron chi connectivity index (χ2n) is 4.48. The molecule has 0 saturated heterocycles. The SMILES string of the molecule is CCCc1ccc(C)c(C(=O)Nc2nnc(C)o2)c1. The Morgan fingerprint density at radius 3 is 2.74 bits per heavy atom. The van der Waals surface area contributed by atoms with E-state index in [1.165, 1.54) is 0 Å². The van der Waals surface area contributed by atoms with Crippen LogP contribution in [0.2, 0.25) is 0 Å². The zero-order chi connectivity index (χ0) is 13.8. The first kappa shape index (κ1) is 13.3. The molecule has 0 radical (unpaired) electrons. The van der Waals surface area contributed by atoms with Crippen molar-refractivity contribution in [2.24, 2.45) is 0 Å². The lowest BCUT2D eigenvalue weighted by molar-refractivity contribution is 0.102. The van der Waals surface area contributed by atoms with Crippen LogP contribution in [0, 0.1) is 13.8 Å². The molecule has 5 heteroatoms. The number of anilines is 1. The minimum atomic E-state index is -0.223. The summed E-state index contributed by atoms with van der Waals surface area (Å²) in [6.45, 7) is 5.69. The predicted molar refractivity (Wildman–Crippen MR) is 72.2 cm³/mol. The Labute approximate surface area is 112 Å². The summed E-state index contributed by atoms with van der Waals surface area (Å²) in [4.78, 5) is 12.2.